The van der Waals surface area contributed by atoms with Crippen LogP contribution >= 0.6 is 11.6 Å². The summed E-state index contributed by atoms with van der Waals surface area (Å²) in [6, 6.07) is 7.54. The van der Waals surface area contributed by atoms with Crippen molar-refractivity contribution in [3.63, 3.8) is 0 Å². The highest BCUT2D eigenvalue weighted by atomic mass is 35.5. The Morgan fingerprint density at radius 3 is 2.06 bits per heavy atom. The molecule has 0 bridgehead atoms. The molecule has 0 fully saturated rings. The van der Waals surface area contributed by atoms with Crippen molar-refractivity contribution in [3.8, 4) is 0 Å². The van der Waals surface area contributed by atoms with Crippen molar-refractivity contribution in [2.75, 3.05) is 0 Å². The minimum absolute atomic E-state index is 0.140. The van der Waals surface area contributed by atoms with Gasteiger partial charge in [0.2, 0.25) is 0 Å². The van der Waals surface area contributed by atoms with E-state index in [-0.39, 0.29) is 5.56 Å². The number of nitro groups is 2. The monoisotopic (exact) mass is 258 g/mol. The van der Waals surface area contributed by atoms with Gasteiger partial charge in [0.25, 0.3) is 0 Å². The molecule has 1 rings (SSSR count). The number of rotatable bonds is 5. The fourth-order valence-corrected chi connectivity index (χ4v) is 1.25. The summed E-state index contributed by atoms with van der Waals surface area (Å²) in [7, 11) is 0. The highest BCUT2D eigenvalue weighted by Crippen LogP contribution is 2.23. The van der Waals surface area contributed by atoms with E-state index in [1.165, 1.54) is 12.1 Å². The van der Waals surface area contributed by atoms with Crippen LogP contribution in [0.25, 0.3) is 0 Å². The third kappa shape index (κ3) is 2.76. The van der Waals surface area contributed by atoms with E-state index in [1.54, 1.807) is 18.2 Å². The second-order valence-corrected chi connectivity index (χ2v) is 3.80. The van der Waals surface area contributed by atoms with E-state index in [9.17, 15) is 25.0 Å². The molecular weight excluding hydrogens is 252 g/mol. The van der Waals surface area contributed by atoms with Gasteiger partial charge in [-0.15, -0.1) is 0 Å². The molecule has 0 atom stereocenters. The molecule has 0 saturated carbocycles. The van der Waals surface area contributed by atoms with Gasteiger partial charge in [0.15, 0.2) is 12.2 Å². The normalized spacial score (nSPS) is 10.9. The van der Waals surface area contributed by atoms with E-state index < -0.39 is 27.2 Å². The Kier molecular flexibility index (Phi) is 3.74. The first-order chi connectivity index (χ1) is 7.88. The van der Waals surface area contributed by atoms with Gasteiger partial charge >= 0.3 is 5.12 Å². The lowest BCUT2D eigenvalue weighted by Crippen LogP contribution is -2.42. The summed E-state index contributed by atoms with van der Waals surface area (Å²) in [5.74, 6) is -0.756. The predicted octanol–water partition coefficient (Wildman–Crippen LogP) is 1.71. The molecule has 0 spiro atoms. The number of Topliss-reactive ketones (excluding diaryl/α,β-unsaturated/α-hetero) is 1. The number of halogens is 1. The molecule has 0 radical (unpaired) electrons. The van der Waals surface area contributed by atoms with Crippen molar-refractivity contribution in [1.82, 2.24) is 0 Å². The molecule has 0 amide bonds. The minimum atomic E-state index is -3.01. The number of ketones is 1. The molecule has 0 aliphatic carbocycles. The van der Waals surface area contributed by atoms with Gasteiger partial charge < -0.3 is 0 Å². The van der Waals surface area contributed by atoms with Crippen LogP contribution < -0.4 is 0 Å². The lowest BCUT2D eigenvalue weighted by molar-refractivity contribution is -0.764. The zero-order chi connectivity index (χ0) is 13.1. The number of benzene rings is 1. The third-order valence-electron chi connectivity index (χ3n) is 2.04. The van der Waals surface area contributed by atoms with Gasteiger partial charge in [0.1, 0.15) is 9.85 Å². The molecule has 1 aromatic rings. The molecule has 0 unspecified atom stereocenters. The Morgan fingerprint density at radius 1 is 1.18 bits per heavy atom. The fourth-order valence-electron chi connectivity index (χ4n) is 1.13. The van der Waals surface area contributed by atoms with Gasteiger partial charge in [-0.3, -0.25) is 25.0 Å². The molecular formula is C9H7ClN2O5. The fraction of sp³-hybridized carbons (Fsp3) is 0.222. The van der Waals surface area contributed by atoms with Crippen molar-refractivity contribution in [2.45, 2.75) is 11.5 Å². The largest absolute Gasteiger partial charge is 0.544 e. The maximum absolute atomic E-state index is 11.6. The number of hydrogen-bond acceptors (Lipinski definition) is 5. The summed E-state index contributed by atoms with van der Waals surface area (Å²) in [6.07, 6.45) is -1.00. The standard InChI is InChI=1S/C9H7ClN2O5/c10-9(11(14)15,12(16)17)6-8(13)7-4-2-1-3-5-7/h1-5H,6H2. The number of alkyl halides is 1. The van der Waals surface area contributed by atoms with E-state index in [0.29, 0.717) is 0 Å². The number of nitrogens with zero attached hydrogens (tertiary/aromatic N) is 2. The molecule has 0 aliphatic heterocycles. The van der Waals surface area contributed by atoms with E-state index in [2.05, 4.69) is 0 Å². The molecule has 0 heterocycles. The Balaban J connectivity index is 2.94. The highest BCUT2D eigenvalue weighted by molar-refractivity contribution is 6.23. The maximum Gasteiger partial charge on any atom is 0.544 e. The van der Waals surface area contributed by atoms with Crippen molar-refractivity contribution in [1.29, 1.82) is 0 Å². The van der Waals surface area contributed by atoms with Gasteiger partial charge in [-0.05, 0) is 0 Å². The van der Waals surface area contributed by atoms with Crippen LogP contribution in [0.3, 0.4) is 0 Å². The Bertz CT molecular complexity index is 448. The smallest absolute Gasteiger partial charge is 0.293 e. The van der Waals surface area contributed by atoms with Gasteiger partial charge in [0.05, 0.1) is 0 Å². The van der Waals surface area contributed by atoms with Crippen LogP contribution in [-0.2, 0) is 0 Å². The predicted molar refractivity (Wildman–Crippen MR) is 58.0 cm³/mol. The zero-order valence-corrected chi connectivity index (χ0v) is 9.16. The van der Waals surface area contributed by atoms with Crippen molar-refractivity contribution in [3.05, 3.63) is 56.1 Å². The third-order valence-corrected chi connectivity index (χ3v) is 2.45. The average Bonchev–Trinajstić information content (AvgIpc) is 2.29. The summed E-state index contributed by atoms with van der Waals surface area (Å²) < 4.78 is 0. The SMILES string of the molecule is O=C(CC(Cl)([N+](=O)[O-])[N+](=O)[O-])c1ccccc1. The first-order valence-electron chi connectivity index (χ1n) is 4.44. The van der Waals surface area contributed by atoms with Gasteiger partial charge in [-0.2, -0.15) is 0 Å². The molecule has 7 nitrogen and oxygen atoms in total. The van der Waals surface area contributed by atoms with E-state index >= 15 is 0 Å². The average molecular weight is 259 g/mol. The molecule has 17 heavy (non-hydrogen) atoms. The topological polar surface area (TPSA) is 103 Å². The molecule has 0 aliphatic rings. The van der Waals surface area contributed by atoms with Gasteiger partial charge in [-0.1, -0.05) is 30.3 Å². The van der Waals surface area contributed by atoms with Crippen LogP contribution in [0.2, 0.25) is 0 Å². The number of hydrogen-bond donors (Lipinski definition) is 0. The lowest BCUT2D eigenvalue weighted by atomic mass is 10.1. The number of carbonyl (C=O) groups is 1. The first kappa shape index (κ1) is 13.0. The zero-order valence-electron chi connectivity index (χ0n) is 8.41. The van der Waals surface area contributed by atoms with Gasteiger partial charge in [-0.25, -0.2) is 0 Å². The quantitative estimate of drug-likeness (QED) is 0.200. The van der Waals surface area contributed by atoms with Crippen LogP contribution in [0.4, 0.5) is 0 Å². The van der Waals surface area contributed by atoms with Crippen molar-refractivity contribution >= 4 is 17.4 Å². The molecule has 0 saturated heterocycles. The molecule has 0 N–H and O–H groups in total. The van der Waals surface area contributed by atoms with Crippen LogP contribution in [0.5, 0.6) is 0 Å². The second kappa shape index (κ2) is 4.88. The van der Waals surface area contributed by atoms with E-state index in [1.807, 2.05) is 0 Å². The first-order valence-corrected chi connectivity index (χ1v) is 4.82. The maximum atomic E-state index is 11.6. The Labute approximate surface area is 100 Å². The van der Waals surface area contributed by atoms with Crippen LogP contribution in [-0.4, -0.2) is 20.8 Å². The molecule has 8 heteroatoms. The number of carbonyl (C=O) groups excluding carboxylic acids is 1. The lowest BCUT2D eigenvalue weighted by Gasteiger charge is -2.08. The van der Waals surface area contributed by atoms with E-state index in [0.717, 1.165) is 0 Å². The van der Waals surface area contributed by atoms with Crippen LogP contribution in [0.1, 0.15) is 16.8 Å². The Morgan fingerprint density at radius 2 is 1.65 bits per heavy atom. The van der Waals surface area contributed by atoms with Crippen LogP contribution in [0, 0.1) is 20.2 Å². The molecule has 0 aromatic heterocycles. The van der Waals surface area contributed by atoms with Crippen LogP contribution in [0.15, 0.2) is 30.3 Å². The minimum Gasteiger partial charge on any atom is -0.293 e. The van der Waals surface area contributed by atoms with Crippen molar-refractivity contribution < 1.29 is 14.6 Å². The highest BCUT2D eigenvalue weighted by Gasteiger charge is 2.56. The van der Waals surface area contributed by atoms with Crippen molar-refractivity contribution in [2.24, 2.45) is 0 Å². The summed E-state index contributed by atoms with van der Waals surface area (Å²) in [5, 5.41) is 18.0. The molecule has 90 valence electrons. The summed E-state index contributed by atoms with van der Waals surface area (Å²) in [4.78, 5) is 30.0. The summed E-state index contributed by atoms with van der Waals surface area (Å²) in [5.41, 5.74) is 0.140. The summed E-state index contributed by atoms with van der Waals surface area (Å²) in [6.45, 7) is 0. The van der Waals surface area contributed by atoms with Gasteiger partial charge in [0, 0.05) is 17.2 Å². The Hall–Kier alpha value is -2.02. The summed E-state index contributed by atoms with van der Waals surface area (Å²) >= 11 is 5.23. The molecule has 1 aromatic carbocycles. The second-order valence-electron chi connectivity index (χ2n) is 3.20. The van der Waals surface area contributed by atoms with E-state index in [4.69, 9.17) is 11.6 Å².